The molecule has 1 amide bonds. The van der Waals surface area contributed by atoms with Crippen LogP contribution in [0, 0.1) is 0 Å². The van der Waals surface area contributed by atoms with E-state index in [4.69, 9.17) is 0 Å². The summed E-state index contributed by atoms with van der Waals surface area (Å²) in [5.74, 6) is 0.566. The van der Waals surface area contributed by atoms with Gasteiger partial charge in [-0.1, -0.05) is 22.0 Å². The van der Waals surface area contributed by atoms with Crippen LogP contribution in [0.3, 0.4) is 0 Å². The highest BCUT2D eigenvalue weighted by Gasteiger charge is 2.13. The van der Waals surface area contributed by atoms with Crippen molar-refractivity contribution in [1.29, 1.82) is 0 Å². The number of nitrogens with one attached hydrogen (secondary N) is 1. The molecule has 5 nitrogen and oxygen atoms in total. The van der Waals surface area contributed by atoms with Gasteiger partial charge in [-0.25, -0.2) is 9.97 Å². The lowest BCUT2D eigenvalue weighted by Crippen LogP contribution is -2.30. The molecule has 0 radical (unpaired) electrons. The molecule has 1 aliphatic heterocycles. The predicted molar refractivity (Wildman–Crippen MR) is 90.2 cm³/mol. The summed E-state index contributed by atoms with van der Waals surface area (Å²) in [6.45, 7) is 2.01. The first-order chi connectivity index (χ1) is 10.7. The summed E-state index contributed by atoms with van der Waals surface area (Å²) in [6.07, 6.45) is 6.96. The van der Waals surface area contributed by atoms with Crippen molar-refractivity contribution in [1.82, 2.24) is 9.97 Å². The molecule has 1 N–H and O–H groups in total. The normalized spacial score (nSPS) is 14.7. The van der Waals surface area contributed by atoms with Gasteiger partial charge in [-0.3, -0.25) is 4.79 Å². The highest BCUT2D eigenvalue weighted by atomic mass is 79.9. The molecule has 0 aliphatic carbocycles. The number of carbonyl (C=O) groups is 1. The van der Waals surface area contributed by atoms with Crippen LogP contribution in [0.4, 0.5) is 11.6 Å². The fraction of sp³-hybridized carbons (Fsp3) is 0.312. The Bertz CT molecular complexity index is 653. The SMILES string of the molecule is O=C(Nc1cnc(N2CCCCC2)nc1)c1cccc(Br)c1. The van der Waals surface area contributed by atoms with Crippen LogP contribution in [0.1, 0.15) is 29.6 Å². The Labute approximate surface area is 137 Å². The Morgan fingerprint density at radius 2 is 1.86 bits per heavy atom. The van der Waals surface area contributed by atoms with Crippen LogP contribution in [-0.4, -0.2) is 29.0 Å². The van der Waals surface area contributed by atoms with Crippen LogP contribution in [0.5, 0.6) is 0 Å². The van der Waals surface area contributed by atoms with E-state index in [1.807, 2.05) is 12.1 Å². The van der Waals surface area contributed by atoms with Gasteiger partial charge < -0.3 is 10.2 Å². The zero-order valence-electron chi connectivity index (χ0n) is 12.1. The second-order valence-electron chi connectivity index (χ2n) is 5.28. The van der Waals surface area contributed by atoms with Crippen molar-refractivity contribution in [2.75, 3.05) is 23.3 Å². The number of rotatable bonds is 3. The molecule has 0 bridgehead atoms. The standard InChI is InChI=1S/C16H17BrN4O/c17-13-6-4-5-12(9-13)15(22)20-14-10-18-16(19-11-14)21-7-2-1-3-8-21/h4-6,9-11H,1-3,7-8H2,(H,20,22). The Balaban J connectivity index is 1.66. The molecule has 3 rings (SSSR count). The second kappa shape index (κ2) is 6.87. The molecule has 2 heterocycles. The lowest BCUT2D eigenvalue weighted by atomic mass is 10.1. The monoisotopic (exact) mass is 360 g/mol. The highest BCUT2D eigenvalue weighted by Crippen LogP contribution is 2.17. The van der Waals surface area contributed by atoms with Crippen molar-refractivity contribution >= 4 is 33.5 Å². The summed E-state index contributed by atoms with van der Waals surface area (Å²) in [6, 6.07) is 7.25. The average Bonchev–Trinajstić information content (AvgIpc) is 2.56. The third-order valence-corrected chi connectivity index (χ3v) is 4.12. The number of amides is 1. The van der Waals surface area contributed by atoms with E-state index in [0.717, 1.165) is 23.5 Å². The molecule has 22 heavy (non-hydrogen) atoms. The zero-order valence-corrected chi connectivity index (χ0v) is 13.7. The average molecular weight is 361 g/mol. The van der Waals surface area contributed by atoms with Crippen LogP contribution in [-0.2, 0) is 0 Å². The van der Waals surface area contributed by atoms with Gasteiger partial charge in [0.25, 0.3) is 5.91 Å². The molecule has 114 valence electrons. The van der Waals surface area contributed by atoms with E-state index in [1.165, 1.54) is 19.3 Å². The molecule has 1 aliphatic rings. The van der Waals surface area contributed by atoms with Gasteiger partial charge in [0, 0.05) is 23.1 Å². The first-order valence-electron chi connectivity index (χ1n) is 7.36. The molecule has 1 aromatic carbocycles. The minimum atomic E-state index is -0.171. The Morgan fingerprint density at radius 1 is 1.14 bits per heavy atom. The minimum absolute atomic E-state index is 0.171. The highest BCUT2D eigenvalue weighted by molar-refractivity contribution is 9.10. The fourth-order valence-corrected chi connectivity index (χ4v) is 2.88. The maximum Gasteiger partial charge on any atom is 0.255 e. The Morgan fingerprint density at radius 3 is 2.55 bits per heavy atom. The molecular formula is C16H17BrN4O. The largest absolute Gasteiger partial charge is 0.341 e. The number of hydrogen-bond donors (Lipinski definition) is 1. The van der Waals surface area contributed by atoms with Crippen molar-refractivity contribution < 1.29 is 4.79 Å². The molecule has 0 spiro atoms. The lowest BCUT2D eigenvalue weighted by molar-refractivity contribution is 0.102. The van der Waals surface area contributed by atoms with E-state index < -0.39 is 0 Å². The zero-order chi connectivity index (χ0) is 15.4. The van der Waals surface area contributed by atoms with Crippen molar-refractivity contribution in [2.45, 2.75) is 19.3 Å². The number of aromatic nitrogens is 2. The number of benzene rings is 1. The summed E-state index contributed by atoms with van der Waals surface area (Å²) in [5, 5.41) is 2.81. The van der Waals surface area contributed by atoms with Gasteiger partial charge >= 0.3 is 0 Å². The van der Waals surface area contributed by atoms with Crippen LogP contribution < -0.4 is 10.2 Å². The summed E-state index contributed by atoms with van der Waals surface area (Å²) < 4.78 is 0.872. The summed E-state index contributed by atoms with van der Waals surface area (Å²) >= 11 is 3.36. The van der Waals surface area contributed by atoms with Gasteiger partial charge in [-0.15, -0.1) is 0 Å². The van der Waals surface area contributed by atoms with Gasteiger partial charge in [-0.2, -0.15) is 0 Å². The first kappa shape index (κ1) is 15.0. The molecule has 6 heteroatoms. The molecule has 0 unspecified atom stereocenters. The maximum atomic E-state index is 12.2. The van der Waals surface area contributed by atoms with Gasteiger partial charge in [0.1, 0.15) is 0 Å². The summed E-state index contributed by atoms with van der Waals surface area (Å²) in [4.78, 5) is 23.1. The number of anilines is 2. The van der Waals surface area contributed by atoms with E-state index in [0.29, 0.717) is 11.3 Å². The Kier molecular flexibility index (Phi) is 4.68. The van der Waals surface area contributed by atoms with Crippen molar-refractivity contribution in [3.8, 4) is 0 Å². The first-order valence-corrected chi connectivity index (χ1v) is 8.15. The van der Waals surface area contributed by atoms with Crippen molar-refractivity contribution in [3.63, 3.8) is 0 Å². The molecule has 1 saturated heterocycles. The van der Waals surface area contributed by atoms with Crippen LogP contribution in [0.15, 0.2) is 41.1 Å². The third kappa shape index (κ3) is 3.62. The molecule has 2 aromatic rings. The number of carbonyl (C=O) groups excluding carboxylic acids is 1. The smallest absolute Gasteiger partial charge is 0.255 e. The molecule has 1 aromatic heterocycles. The van der Waals surface area contributed by atoms with Gasteiger partial charge in [0.2, 0.25) is 5.95 Å². The van der Waals surface area contributed by atoms with Gasteiger partial charge in [-0.05, 0) is 37.5 Å². The second-order valence-corrected chi connectivity index (χ2v) is 6.20. The van der Waals surface area contributed by atoms with E-state index in [-0.39, 0.29) is 5.91 Å². The van der Waals surface area contributed by atoms with E-state index in [9.17, 15) is 4.79 Å². The fourth-order valence-electron chi connectivity index (χ4n) is 2.48. The van der Waals surface area contributed by atoms with Crippen LogP contribution >= 0.6 is 15.9 Å². The molecular weight excluding hydrogens is 344 g/mol. The number of nitrogens with zero attached hydrogens (tertiary/aromatic N) is 3. The summed E-state index contributed by atoms with van der Waals surface area (Å²) in [5.41, 5.74) is 1.19. The molecule has 1 fully saturated rings. The minimum Gasteiger partial charge on any atom is -0.341 e. The van der Waals surface area contributed by atoms with E-state index in [1.54, 1.807) is 24.5 Å². The number of piperidine rings is 1. The number of halogens is 1. The third-order valence-electron chi connectivity index (χ3n) is 3.62. The van der Waals surface area contributed by atoms with Gasteiger partial charge in [0.05, 0.1) is 18.1 Å². The topological polar surface area (TPSA) is 58.1 Å². The maximum absolute atomic E-state index is 12.2. The predicted octanol–water partition coefficient (Wildman–Crippen LogP) is 3.48. The van der Waals surface area contributed by atoms with Crippen LogP contribution in [0.25, 0.3) is 0 Å². The summed E-state index contributed by atoms with van der Waals surface area (Å²) in [7, 11) is 0. The van der Waals surface area contributed by atoms with Crippen LogP contribution in [0.2, 0.25) is 0 Å². The lowest BCUT2D eigenvalue weighted by Gasteiger charge is -2.26. The van der Waals surface area contributed by atoms with E-state index >= 15 is 0 Å². The molecule has 0 atom stereocenters. The Hall–Kier alpha value is -1.95. The van der Waals surface area contributed by atoms with Gasteiger partial charge in [0.15, 0.2) is 0 Å². The quantitative estimate of drug-likeness (QED) is 0.910. The number of hydrogen-bond acceptors (Lipinski definition) is 4. The van der Waals surface area contributed by atoms with E-state index in [2.05, 4.69) is 36.1 Å². The van der Waals surface area contributed by atoms with Crippen molar-refractivity contribution in [2.24, 2.45) is 0 Å². The molecule has 0 saturated carbocycles. The van der Waals surface area contributed by atoms with Crippen molar-refractivity contribution in [3.05, 3.63) is 46.7 Å².